The molecule has 0 spiro atoms. The van der Waals surface area contributed by atoms with Gasteiger partial charge in [0.15, 0.2) is 0 Å². The molecule has 3 N–H and O–H groups in total. The minimum absolute atomic E-state index is 0.111. The Kier molecular flexibility index (Phi) is 6.33. The molecule has 3 aromatic heterocycles. The molecule has 0 aliphatic rings. The number of pyridine rings is 1. The molecule has 0 aliphatic heterocycles. The smallest absolute Gasteiger partial charge is 0.273 e. The van der Waals surface area contributed by atoms with Gasteiger partial charge in [0, 0.05) is 26.6 Å². The molecule has 5 rings (SSSR count). The van der Waals surface area contributed by atoms with Gasteiger partial charge in [-0.05, 0) is 54.3 Å². The van der Waals surface area contributed by atoms with E-state index in [0.29, 0.717) is 16.1 Å². The Morgan fingerprint density at radius 1 is 1.06 bits per heavy atom. The van der Waals surface area contributed by atoms with E-state index in [1.807, 2.05) is 66.0 Å². The maximum atomic E-state index is 12.6. The molecular weight excluding hydrogens is 464 g/mol. The summed E-state index contributed by atoms with van der Waals surface area (Å²) >= 11 is 3.02. The number of aryl methyl sites for hydroxylation is 1. The Bertz CT molecular complexity index is 1500. The number of H-pyrrole nitrogens is 2. The molecule has 8 heteroatoms. The predicted octanol–water partition coefficient (Wildman–Crippen LogP) is 6.34. The highest BCUT2D eigenvalue weighted by molar-refractivity contribution is 7.99. The number of carbonyl (C=O) groups excluding carboxylic acids is 1. The van der Waals surface area contributed by atoms with Gasteiger partial charge in [0.25, 0.3) is 11.5 Å². The van der Waals surface area contributed by atoms with Crippen molar-refractivity contribution >= 4 is 45.6 Å². The third kappa shape index (κ3) is 4.55. The van der Waals surface area contributed by atoms with Gasteiger partial charge in [0.2, 0.25) is 0 Å². The molecule has 2 aromatic carbocycles. The number of aromatic amines is 2. The Balaban J connectivity index is 1.46. The second kappa shape index (κ2) is 9.70. The van der Waals surface area contributed by atoms with E-state index in [2.05, 4.69) is 22.4 Å². The highest BCUT2D eigenvalue weighted by atomic mass is 32.2. The molecule has 0 radical (unpaired) electrons. The van der Waals surface area contributed by atoms with E-state index in [4.69, 9.17) is 4.98 Å². The second-order valence-corrected chi connectivity index (χ2v) is 9.83. The van der Waals surface area contributed by atoms with Gasteiger partial charge >= 0.3 is 0 Å². The van der Waals surface area contributed by atoms with Crippen molar-refractivity contribution in [1.29, 1.82) is 0 Å². The predicted molar refractivity (Wildman–Crippen MR) is 139 cm³/mol. The van der Waals surface area contributed by atoms with Crippen molar-refractivity contribution in [2.45, 2.75) is 29.6 Å². The molecule has 0 aliphatic carbocycles. The number of benzene rings is 2. The lowest BCUT2D eigenvalue weighted by Crippen LogP contribution is -2.09. The first-order valence-corrected chi connectivity index (χ1v) is 12.6. The largest absolute Gasteiger partial charge is 0.321 e. The standard InChI is InChI=1S/C26H22N4O2S2/c1-2-6-20-24(26(32)30-29-20)21-15-23(18-7-3-4-8-19(18)28-21)34-17-12-10-16(11-13-17)27-25(31)22-9-5-14-33-22/h3-5,7-15H,2,6H2,1H3,(H,27,31)(H2,29,30,32). The number of para-hydroxylation sites is 1. The van der Waals surface area contributed by atoms with E-state index < -0.39 is 0 Å². The molecule has 0 atom stereocenters. The minimum atomic E-state index is -0.159. The first-order chi connectivity index (χ1) is 16.6. The molecule has 1 amide bonds. The van der Waals surface area contributed by atoms with Crippen molar-refractivity contribution in [3.8, 4) is 11.3 Å². The summed E-state index contributed by atoms with van der Waals surface area (Å²) in [6, 6.07) is 21.3. The maximum absolute atomic E-state index is 12.6. The van der Waals surface area contributed by atoms with E-state index in [-0.39, 0.29) is 11.5 Å². The quantitative estimate of drug-likeness (QED) is 0.250. The molecular formula is C26H22N4O2S2. The molecule has 6 nitrogen and oxygen atoms in total. The van der Waals surface area contributed by atoms with Gasteiger partial charge in [-0.3, -0.25) is 14.7 Å². The second-order valence-electron chi connectivity index (χ2n) is 7.76. The lowest BCUT2D eigenvalue weighted by atomic mass is 10.1. The summed E-state index contributed by atoms with van der Waals surface area (Å²) in [5.41, 5.74) is 3.55. The van der Waals surface area contributed by atoms with Crippen molar-refractivity contribution in [2.75, 3.05) is 5.32 Å². The number of aromatic nitrogens is 3. The number of hydrogen-bond acceptors (Lipinski definition) is 5. The van der Waals surface area contributed by atoms with Crippen LogP contribution in [0.4, 0.5) is 5.69 Å². The summed E-state index contributed by atoms with van der Waals surface area (Å²) in [7, 11) is 0. The third-order valence-corrected chi connectivity index (χ3v) is 7.31. The van der Waals surface area contributed by atoms with Crippen molar-refractivity contribution in [3.63, 3.8) is 0 Å². The van der Waals surface area contributed by atoms with Gasteiger partial charge in [-0.25, -0.2) is 4.98 Å². The van der Waals surface area contributed by atoms with Crippen molar-refractivity contribution in [1.82, 2.24) is 15.2 Å². The first kappa shape index (κ1) is 22.2. The maximum Gasteiger partial charge on any atom is 0.273 e. The molecule has 34 heavy (non-hydrogen) atoms. The summed E-state index contributed by atoms with van der Waals surface area (Å²) in [6.45, 7) is 2.08. The van der Waals surface area contributed by atoms with Crippen LogP contribution in [0.25, 0.3) is 22.2 Å². The number of thiophene rings is 1. The van der Waals surface area contributed by atoms with Gasteiger partial charge in [-0.2, -0.15) is 0 Å². The normalized spacial score (nSPS) is 11.1. The molecule has 0 fully saturated rings. The van der Waals surface area contributed by atoms with E-state index in [0.717, 1.165) is 44.9 Å². The van der Waals surface area contributed by atoms with E-state index >= 15 is 0 Å². The van der Waals surface area contributed by atoms with Crippen LogP contribution in [-0.2, 0) is 6.42 Å². The Morgan fingerprint density at radius 2 is 1.88 bits per heavy atom. The van der Waals surface area contributed by atoms with Crippen LogP contribution in [0.15, 0.2) is 86.7 Å². The third-order valence-electron chi connectivity index (χ3n) is 5.38. The molecule has 0 saturated heterocycles. The van der Waals surface area contributed by atoms with E-state index in [9.17, 15) is 9.59 Å². The molecule has 3 heterocycles. The Hall–Kier alpha value is -3.62. The van der Waals surface area contributed by atoms with Crippen LogP contribution in [0.1, 0.15) is 28.7 Å². The zero-order chi connectivity index (χ0) is 23.5. The number of nitrogens with one attached hydrogen (secondary N) is 3. The number of carbonyl (C=O) groups is 1. The lowest BCUT2D eigenvalue weighted by molar-refractivity contribution is 0.103. The zero-order valence-corrected chi connectivity index (χ0v) is 20.1. The molecule has 0 saturated carbocycles. The van der Waals surface area contributed by atoms with Gasteiger partial charge in [-0.15, -0.1) is 11.3 Å². The van der Waals surface area contributed by atoms with Gasteiger partial charge < -0.3 is 10.4 Å². The van der Waals surface area contributed by atoms with E-state index in [1.54, 1.807) is 17.8 Å². The number of amides is 1. The van der Waals surface area contributed by atoms with Crippen LogP contribution in [0.5, 0.6) is 0 Å². The first-order valence-electron chi connectivity index (χ1n) is 10.9. The molecule has 0 bridgehead atoms. The highest BCUT2D eigenvalue weighted by Crippen LogP contribution is 2.36. The number of rotatable bonds is 7. The summed E-state index contributed by atoms with van der Waals surface area (Å²) in [5.74, 6) is -0.111. The summed E-state index contributed by atoms with van der Waals surface area (Å²) in [6.07, 6.45) is 1.69. The van der Waals surface area contributed by atoms with Crippen molar-refractivity contribution in [2.24, 2.45) is 0 Å². The summed E-state index contributed by atoms with van der Waals surface area (Å²) < 4.78 is 0. The van der Waals surface area contributed by atoms with Crippen LogP contribution >= 0.6 is 23.1 Å². The fourth-order valence-corrected chi connectivity index (χ4v) is 5.39. The number of anilines is 1. The van der Waals surface area contributed by atoms with Crippen molar-refractivity contribution in [3.05, 3.63) is 93.0 Å². The van der Waals surface area contributed by atoms with Crippen LogP contribution in [-0.4, -0.2) is 21.1 Å². The Morgan fingerprint density at radius 3 is 2.65 bits per heavy atom. The van der Waals surface area contributed by atoms with Gasteiger partial charge in [-0.1, -0.05) is 49.4 Å². The van der Waals surface area contributed by atoms with Crippen LogP contribution < -0.4 is 10.9 Å². The average Bonchev–Trinajstić information content (AvgIpc) is 3.51. The molecule has 5 aromatic rings. The highest BCUT2D eigenvalue weighted by Gasteiger charge is 2.16. The van der Waals surface area contributed by atoms with Crippen molar-refractivity contribution < 1.29 is 4.79 Å². The number of nitrogens with zero attached hydrogens (tertiary/aromatic N) is 1. The molecule has 0 unspecified atom stereocenters. The SMILES string of the molecule is CCCc1[nH][nH]c(=O)c1-c1cc(Sc2ccc(NC(=O)c3cccs3)cc2)c2ccccc2n1. The number of hydrogen-bond donors (Lipinski definition) is 3. The number of fused-ring (bicyclic) bond motifs is 1. The topological polar surface area (TPSA) is 90.6 Å². The lowest BCUT2D eigenvalue weighted by Gasteiger charge is -2.10. The average molecular weight is 487 g/mol. The Labute approximate surface area is 204 Å². The van der Waals surface area contributed by atoms with Crippen LogP contribution in [0, 0.1) is 0 Å². The zero-order valence-electron chi connectivity index (χ0n) is 18.4. The fourth-order valence-electron chi connectivity index (χ4n) is 3.79. The van der Waals surface area contributed by atoms with Crippen LogP contribution in [0.2, 0.25) is 0 Å². The molecule has 170 valence electrons. The summed E-state index contributed by atoms with van der Waals surface area (Å²) in [5, 5.41) is 11.5. The van der Waals surface area contributed by atoms with Gasteiger partial charge in [0.1, 0.15) is 0 Å². The minimum Gasteiger partial charge on any atom is -0.321 e. The fraction of sp³-hybridized carbons (Fsp3) is 0.115. The summed E-state index contributed by atoms with van der Waals surface area (Å²) in [4.78, 5) is 32.4. The van der Waals surface area contributed by atoms with E-state index in [1.165, 1.54) is 11.3 Å². The monoisotopic (exact) mass is 486 g/mol. The van der Waals surface area contributed by atoms with Gasteiger partial charge in [0.05, 0.1) is 21.7 Å². The van der Waals surface area contributed by atoms with Crippen LogP contribution in [0.3, 0.4) is 0 Å².